The minimum absolute atomic E-state index is 0.0270. The van der Waals surface area contributed by atoms with Crippen molar-refractivity contribution in [3.63, 3.8) is 0 Å². The van der Waals surface area contributed by atoms with Gasteiger partial charge in [0.25, 0.3) is 0 Å². The average Bonchev–Trinajstić information content (AvgIpc) is 2.23. The lowest BCUT2D eigenvalue weighted by atomic mass is 9.91. The second-order valence-corrected chi connectivity index (χ2v) is 4.15. The maximum atomic E-state index is 11.5. The minimum Gasteiger partial charge on any atom is -0.465 e. The molecule has 0 aromatic heterocycles. The Hall–Kier alpha value is -1.06. The SMILES string of the molecule is CCC(C)(C)C(=O)OCCCC(=O)NC. The lowest BCUT2D eigenvalue weighted by Gasteiger charge is -2.20. The first-order chi connectivity index (χ1) is 6.94. The zero-order valence-corrected chi connectivity index (χ0v) is 10.1. The molecule has 0 unspecified atom stereocenters. The Morgan fingerprint density at radius 2 is 1.93 bits per heavy atom. The summed E-state index contributed by atoms with van der Waals surface area (Å²) in [7, 11) is 1.59. The fourth-order valence-corrected chi connectivity index (χ4v) is 0.862. The van der Waals surface area contributed by atoms with E-state index in [0.29, 0.717) is 19.4 Å². The van der Waals surface area contributed by atoms with Crippen LogP contribution in [0.3, 0.4) is 0 Å². The van der Waals surface area contributed by atoms with Gasteiger partial charge in [0.1, 0.15) is 0 Å². The van der Waals surface area contributed by atoms with Gasteiger partial charge in [0.2, 0.25) is 5.91 Å². The summed E-state index contributed by atoms with van der Waals surface area (Å²) in [5, 5.41) is 2.52. The quantitative estimate of drug-likeness (QED) is 0.539. The topological polar surface area (TPSA) is 55.4 Å². The van der Waals surface area contributed by atoms with E-state index in [1.165, 1.54) is 0 Å². The molecule has 0 saturated carbocycles. The molecule has 0 saturated heterocycles. The fraction of sp³-hybridized carbons (Fsp3) is 0.818. The van der Waals surface area contributed by atoms with Gasteiger partial charge in [-0.1, -0.05) is 6.92 Å². The molecular formula is C11H21NO3. The Bertz CT molecular complexity index is 224. The van der Waals surface area contributed by atoms with Crippen molar-refractivity contribution in [2.24, 2.45) is 5.41 Å². The zero-order valence-electron chi connectivity index (χ0n) is 10.1. The van der Waals surface area contributed by atoms with Gasteiger partial charge in [-0.3, -0.25) is 9.59 Å². The van der Waals surface area contributed by atoms with Crippen LogP contribution < -0.4 is 5.32 Å². The first-order valence-electron chi connectivity index (χ1n) is 5.32. The van der Waals surface area contributed by atoms with E-state index in [2.05, 4.69) is 5.32 Å². The number of amides is 1. The zero-order chi connectivity index (χ0) is 11.9. The van der Waals surface area contributed by atoms with E-state index in [9.17, 15) is 9.59 Å². The number of hydrogen-bond donors (Lipinski definition) is 1. The summed E-state index contributed by atoms with van der Waals surface area (Å²) in [4.78, 5) is 22.3. The molecular weight excluding hydrogens is 194 g/mol. The molecule has 0 heterocycles. The van der Waals surface area contributed by atoms with Gasteiger partial charge in [-0.05, 0) is 26.7 Å². The molecule has 0 aliphatic rings. The van der Waals surface area contributed by atoms with Gasteiger partial charge in [0.15, 0.2) is 0 Å². The first-order valence-corrected chi connectivity index (χ1v) is 5.32. The van der Waals surface area contributed by atoms with Crippen LogP contribution in [0.1, 0.15) is 40.0 Å². The van der Waals surface area contributed by atoms with E-state index in [1.54, 1.807) is 7.05 Å². The van der Waals surface area contributed by atoms with Gasteiger partial charge >= 0.3 is 5.97 Å². The molecule has 0 aliphatic carbocycles. The summed E-state index contributed by atoms with van der Waals surface area (Å²) < 4.78 is 5.07. The van der Waals surface area contributed by atoms with Crippen molar-refractivity contribution in [3.8, 4) is 0 Å². The molecule has 0 bridgehead atoms. The van der Waals surface area contributed by atoms with E-state index in [4.69, 9.17) is 4.74 Å². The van der Waals surface area contributed by atoms with Crippen LogP contribution in [0.2, 0.25) is 0 Å². The molecule has 0 aliphatic heterocycles. The van der Waals surface area contributed by atoms with Crippen LogP contribution in [-0.2, 0) is 14.3 Å². The van der Waals surface area contributed by atoms with Crippen molar-refractivity contribution in [1.82, 2.24) is 5.32 Å². The molecule has 88 valence electrons. The molecule has 0 atom stereocenters. The molecule has 4 nitrogen and oxygen atoms in total. The number of rotatable bonds is 6. The lowest BCUT2D eigenvalue weighted by molar-refractivity contribution is -0.154. The third kappa shape index (κ3) is 5.40. The van der Waals surface area contributed by atoms with Crippen LogP contribution in [-0.4, -0.2) is 25.5 Å². The molecule has 0 rings (SSSR count). The largest absolute Gasteiger partial charge is 0.465 e. The molecule has 1 amide bonds. The molecule has 0 spiro atoms. The van der Waals surface area contributed by atoms with Gasteiger partial charge in [-0.25, -0.2) is 0 Å². The van der Waals surface area contributed by atoms with Crippen LogP contribution in [0.4, 0.5) is 0 Å². The van der Waals surface area contributed by atoms with Crippen molar-refractivity contribution in [2.45, 2.75) is 40.0 Å². The van der Waals surface area contributed by atoms with Crippen molar-refractivity contribution < 1.29 is 14.3 Å². The number of carbonyl (C=O) groups excluding carboxylic acids is 2. The summed E-state index contributed by atoms with van der Waals surface area (Å²) in [5.74, 6) is -0.220. The Morgan fingerprint density at radius 1 is 1.33 bits per heavy atom. The maximum absolute atomic E-state index is 11.5. The van der Waals surface area contributed by atoms with Gasteiger partial charge in [0.05, 0.1) is 12.0 Å². The number of ether oxygens (including phenoxy) is 1. The van der Waals surface area contributed by atoms with E-state index < -0.39 is 5.41 Å². The predicted molar refractivity (Wildman–Crippen MR) is 58.3 cm³/mol. The van der Waals surface area contributed by atoms with Crippen LogP contribution in [0, 0.1) is 5.41 Å². The molecule has 4 heteroatoms. The van der Waals surface area contributed by atoms with Crippen LogP contribution in [0.5, 0.6) is 0 Å². The normalized spacial score (nSPS) is 10.9. The van der Waals surface area contributed by atoms with Gasteiger partial charge in [-0.15, -0.1) is 0 Å². The van der Waals surface area contributed by atoms with Crippen LogP contribution in [0.25, 0.3) is 0 Å². The van der Waals surface area contributed by atoms with Gasteiger partial charge < -0.3 is 10.1 Å². The van der Waals surface area contributed by atoms with Crippen molar-refractivity contribution in [2.75, 3.05) is 13.7 Å². The standard InChI is InChI=1S/C11H21NO3/c1-5-11(2,3)10(14)15-8-6-7-9(13)12-4/h5-8H2,1-4H3,(H,12,13). The molecule has 0 fully saturated rings. The highest BCUT2D eigenvalue weighted by molar-refractivity contribution is 5.76. The van der Waals surface area contributed by atoms with Crippen molar-refractivity contribution >= 4 is 11.9 Å². The van der Waals surface area contributed by atoms with E-state index in [-0.39, 0.29) is 11.9 Å². The summed E-state index contributed by atoms with van der Waals surface area (Å²) in [6, 6.07) is 0. The molecule has 15 heavy (non-hydrogen) atoms. The Balaban J connectivity index is 3.69. The third-order valence-corrected chi connectivity index (χ3v) is 2.50. The highest BCUT2D eigenvalue weighted by Gasteiger charge is 2.26. The predicted octanol–water partition coefficient (Wildman–Crippen LogP) is 1.49. The summed E-state index contributed by atoms with van der Waals surface area (Å²) in [6.45, 7) is 5.98. The Morgan fingerprint density at radius 3 is 2.40 bits per heavy atom. The smallest absolute Gasteiger partial charge is 0.311 e. The molecule has 0 radical (unpaired) electrons. The van der Waals surface area contributed by atoms with Gasteiger partial charge in [-0.2, -0.15) is 0 Å². The van der Waals surface area contributed by atoms with E-state index >= 15 is 0 Å². The fourth-order valence-electron chi connectivity index (χ4n) is 0.862. The summed E-state index contributed by atoms with van der Waals surface area (Å²) in [5.41, 5.74) is -0.424. The second-order valence-electron chi connectivity index (χ2n) is 4.15. The van der Waals surface area contributed by atoms with Gasteiger partial charge in [0, 0.05) is 13.5 Å². The van der Waals surface area contributed by atoms with E-state index in [0.717, 1.165) is 6.42 Å². The third-order valence-electron chi connectivity index (χ3n) is 2.50. The highest BCUT2D eigenvalue weighted by Crippen LogP contribution is 2.21. The number of nitrogens with one attached hydrogen (secondary N) is 1. The second kappa shape index (κ2) is 6.43. The monoisotopic (exact) mass is 215 g/mol. The molecule has 0 aromatic carbocycles. The Kier molecular flexibility index (Phi) is 5.97. The van der Waals surface area contributed by atoms with Crippen LogP contribution in [0.15, 0.2) is 0 Å². The molecule has 0 aromatic rings. The summed E-state index contributed by atoms with van der Waals surface area (Å²) >= 11 is 0. The first kappa shape index (κ1) is 13.9. The number of carbonyl (C=O) groups is 2. The number of esters is 1. The maximum Gasteiger partial charge on any atom is 0.311 e. The van der Waals surface area contributed by atoms with E-state index in [1.807, 2.05) is 20.8 Å². The lowest BCUT2D eigenvalue weighted by Crippen LogP contribution is -2.26. The Labute approximate surface area is 91.4 Å². The van der Waals surface area contributed by atoms with Crippen molar-refractivity contribution in [1.29, 1.82) is 0 Å². The highest BCUT2D eigenvalue weighted by atomic mass is 16.5. The molecule has 1 N–H and O–H groups in total. The van der Waals surface area contributed by atoms with Crippen LogP contribution >= 0.6 is 0 Å². The minimum atomic E-state index is -0.424. The number of hydrogen-bond acceptors (Lipinski definition) is 3. The average molecular weight is 215 g/mol. The van der Waals surface area contributed by atoms with Crippen molar-refractivity contribution in [3.05, 3.63) is 0 Å². The summed E-state index contributed by atoms with van der Waals surface area (Å²) in [6.07, 6.45) is 1.73.